The lowest BCUT2D eigenvalue weighted by molar-refractivity contribution is 0.0625. The van der Waals surface area contributed by atoms with Crippen molar-refractivity contribution in [3.63, 3.8) is 0 Å². The Morgan fingerprint density at radius 1 is 1.37 bits per heavy atom. The predicted octanol–water partition coefficient (Wildman–Crippen LogP) is 2.12. The van der Waals surface area contributed by atoms with Crippen LogP contribution in [0.5, 0.6) is 0 Å². The van der Waals surface area contributed by atoms with Gasteiger partial charge in [0.2, 0.25) is 0 Å². The van der Waals surface area contributed by atoms with Crippen molar-refractivity contribution in [3.8, 4) is 0 Å². The summed E-state index contributed by atoms with van der Waals surface area (Å²) in [5.74, 6) is 0.100. The van der Waals surface area contributed by atoms with Gasteiger partial charge < -0.3 is 15.6 Å². The molecular formula is C15H19N3O. The molecule has 2 aromatic rings. The summed E-state index contributed by atoms with van der Waals surface area (Å²) in [6.07, 6.45) is 5.13. The zero-order valence-corrected chi connectivity index (χ0v) is 10.9. The van der Waals surface area contributed by atoms with Crippen LogP contribution in [0.3, 0.4) is 0 Å². The number of piperidine rings is 1. The molecule has 0 aliphatic carbocycles. The quantitative estimate of drug-likeness (QED) is 0.865. The standard InChI is InChI=1S/C15H19N3O/c16-10-12-5-1-2-9-18(12)15(19)13-6-3-4-11-7-8-17-14(11)13/h3-4,6-8,12,17H,1-2,5,9-10,16H2. The average Bonchev–Trinajstić information content (AvgIpc) is 2.94. The highest BCUT2D eigenvalue weighted by molar-refractivity contribution is 6.05. The second kappa shape index (κ2) is 5.05. The van der Waals surface area contributed by atoms with Crippen molar-refractivity contribution in [2.75, 3.05) is 13.1 Å². The van der Waals surface area contributed by atoms with Crippen LogP contribution in [0.25, 0.3) is 10.9 Å². The highest BCUT2D eigenvalue weighted by Crippen LogP contribution is 2.23. The van der Waals surface area contributed by atoms with Crippen LogP contribution in [0.1, 0.15) is 29.6 Å². The summed E-state index contributed by atoms with van der Waals surface area (Å²) in [7, 11) is 0. The van der Waals surface area contributed by atoms with Gasteiger partial charge in [0.05, 0.1) is 11.1 Å². The molecule has 4 nitrogen and oxygen atoms in total. The number of hydrogen-bond donors (Lipinski definition) is 2. The van der Waals surface area contributed by atoms with Gasteiger partial charge in [-0.1, -0.05) is 12.1 Å². The second-order valence-electron chi connectivity index (χ2n) is 5.13. The van der Waals surface area contributed by atoms with Crippen LogP contribution in [-0.2, 0) is 0 Å². The van der Waals surface area contributed by atoms with E-state index in [1.807, 2.05) is 35.4 Å². The average molecular weight is 257 g/mol. The van der Waals surface area contributed by atoms with Crippen molar-refractivity contribution in [3.05, 3.63) is 36.0 Å². The molecule has 2 heterocycles. The molecule has 3 rings (SSSR count). The second-order valence-corrected chi connectivity index (χ2v) is 5.13. The normalized spacial score (nSPS) is 19.8. The van der Waals surface area contributed by atoms with Crippen LogP contribution < -0.4 is 5.73 Å². The van der Waals surface area contributed by atoms with E-state index in [0.29, 0.717) is 6.54 Å². The van der Waals surface area contributed by atoms with Gasteiger partial charge in [-0.3, -0.25) is 4.79 Å². The molecule has 1 aromatic carbocycles. The van der Waals surface area contributed by atoms with E-state index in [-0.39, 0.29) is 11.9 Å². The lowest BCUT2D eigenvalue weighted by Crippen LogP contribution is -2.47. The number of likely N-dealkylation sites (tertiary alicyclic amines) is 1. The van der Waals surface area contributed by atoms with Gasteiger partial charge in [-0.25, -0.2) is 0 Å². The first-order chi connectivity index (χ1) is 9.31. The van der Waals surface area contributed by atoms with Gasteiger partial charge in [0, 0.05) is 30.7 Å². The number of carbonyl (C=O) groups excluding carboxylic acids is 1. The lowest BCUT2D eigenvalue weighted by atomic mass is 10.0. The van der Waals surface area contributed by atoms with E-state index in [2.05, 4.69) is 4.98 Å². The molecule has 100 valence electrons. The molecule has 1 unspecified atom stereocenters. The summed E-state index contributed by atoms with van der Waals surface area (Å²) in [5.41, 5.74) is 7.48. The molecular weight excluding hydrogens is 238 g/mol. The molecule has 3 N–H and O–H groups in total. The van der Waals surface area contributed by atoms with Crippen molar-refractivity contribution in [1.29, 1.82) is 0 Å². The van der Waals surface area contributed by atoms with E-state index >= 15 is 0 Å². The summed E-state index contributed by atoms with van der Waals surface area (Å²) in [4.78, 5) is 17.8. The molecule has 1 atom stereocenters. The third-order valence-electron chi connectivity index (χ3n) is 3.98. The molecule has 0 saturated carbocycles. The molecule has 1 aliphatic heterocycles. The highest BCUT2D eigenvalue weighted by Gasteiger charge is 2.27. The summed E-state index contributed by atoms with van der Waals surface area (Å²) in [6.45, 7) is 1.37. The zero-order chi connectivity index (χ0) is 13.2. The number of amides is 1. The number of aromatic amines is 1. The first kappa shape index (κ1) is 12.2. The van der Waals surface area contributed by atoms with Gasteiger partial charge in [-0.2, -0.15) is 0 Å². The minimum Gasteiger partial charge on any atom is -0.361 e. The first-order valence-electron chi connectivity index (χ1n) is 6.88. The number of aromatic nitrogens is 1. The molecule has 0 spiro atoms. The Hall–Kier alpha value is -1.81. The fraction of sp³-hybridized carbons (Fsp3) is 0.400. The monoisotopic (exact) mass is 257 g/mol. The number of H-pyrrole nitrogens is 1. The van der Waals surface area contributed by atoms with E-state index in [1.165, 1.54) is 6.42 Å². The largest absolute Gasteiger partial charge is 0.361 e. The smallest absolute Gasteiger partial charge is 0.256 e. The highest BCUT2D eigenvalue weighted by atomic mass is 16.2. The predicted molar refractivity (Wildman–Crippen MR) is 76.0 cm³/mol. The maximum atomic E-state index is 12.7. The Morgan fingerprint density at radius 2 is 2.26 bits per heavy atom. The van der Waals surface area contributed by atoms with E-state index in [9.17, 15) is 4.79 Å². The Bertz CT molecular complexity index is 590. The first-order valence-corrected chi connectivity index (χ1v) is 6.88. The maximum absolute atomic E-state index is 12.7. The summed E-state index contributed by atoms with van der Waals surface area (Å²) in [5, 5.41) is 1.08. The number of nitrogens with two attached hydrogens (primary N) is 1. The third kappa shape index (κ3) is 2.12. The van der Waals surface area contributed by atoms with Gasteiger partial charge >= 0.3 is 0 Å². The topological polar surface area (TPSA) is 62.1 Å². The molecule has 0 bridgehead atoms. The van der Waals surface area contributed by atoms with Crippen LogP contribution in [0.15, 0.2) is 30.5 Å². The molecule has 19 heavy (non-hydrogen) atoms. The summed E-state index contributed by atoms with van der Waals surface area (Å²) in [6, 6.07) is 8.02. The zero-order valence-electron chi connectivity index (χ0n) is 10.9. The number of rotatable bonds is 2. The fourth-order valence-electron chi connectivity index (χ4n) is 2.93. The van der Waals surface area contributed by atoms with Gasteiger partial charge in [0.15, 0.2) is 0 Å². The van der Waals surface area contributed by atoms with E-state index < -0.39 is 0 Å². The molecule has 1 saturated heterocycles. The Kier molecular flexibility index (Phi) is 3.25. The van der Waals surface area contributed by atoms with Crippen LogP contribution in [0, 0.1) is 0 Å². The van der Waals surface area contributed by atoms with Gasteiger partial charge in [0.25, 0.3) is 5.91 Å². The van der Waals surface area contributed by atoms with Crippen molar-refractivity contribution >= 4 is 16.8 Å². The molecule has 0 radical (unpaired) electrons. The SMILES string of the molecule is NCC1CCCCN1C(=O)c1cccc2cc[nH]c12. The van der Waals surface area contributed by atoms with Crippen LogP contribution in [0.4, 0.5) is 0 Å². The minimum absolute atomic E-state index is 0.100. The minimum atomic E-state index is 0.100. The van der Waals surface area contributed by atoms with Gasteiger partial charge in [-0.05, 0) is 31.4 Å². The fourth-order valence-corrected chi connectivity index (χ4v) is 2.93. The van der Waals surface area contributed by atoms with Crippen molar-refractivity contribution < 1.29 is 4.79 Å². The number of hydrogen-bond acceptors (Lipinski definition) is 2. The molecule has 4 heteroatoms. The molecule has 1 amide bonds. The molecule has 1 aromatic heterocycles. The Labute approximate surface area is 112 Å². The van der Waals surface area contributed by atoms with Crippen LogP contribution in [-0.4, -0.2) is 34.9 Å². The molecule has 1 fully saturated rings. The van der Waals surface area contributed by atoms with E-state index in [4.69, 9.17) is 5.73 Å². The number of nitrogens with one attached hydrogen (secondary N) is 1. The number of carbonyl (C=O) groups is 1. The van der Waals surface area contributed by atoms with Gasteiger partial charge in [0.1, 0.15) is 0 Å². The van der Waals surface area contributed by atoms with Crippen molar-refractivity contribution in [2.45, 2.75) is 25.3 Å². The summed E-state index contributed by atoms with van der Waals surface area (Å²) < 4.78 is 0. The number of para-hydroxylation sites is 1. The Balaban J connectivity index is 1.96. The molecule has 1 aliphatic rings. The van der Waals surface area contributed by atoms with Gasteiger partial charge in [-0.15, -0.1) is 0 Å². The Morgan fingerprint density at radius 3 is 3.11 bits per heavy atom. The van der Waals surface area contributed by atoms with Crippen LogP contribution >= 0.6 is 0 Å². The number of nitrogens with zero attached hydrogens (tertiary/aromatic N) is 1. The van der Waals surface area contributed by atoms with Crippen molar-refractivity contribution in [2.24, 2.45) is 5.73 Å². The third-order valence-corrected chi connectivity index (χ3v) is 3.98. The maximum Gasteiger partial charge on any atom is 0.256 e. The van der Waals surface area contributed by atoms with Crippen molar-refractivity contribution in [1.82, 2.24) is 9.88 Å². The van der Waals surface area contributed by atoms with E-state index in [0.717, 1.165) is 35.9 Å². The number of fused-ring (bicyclic) bond motifs is 1. The number of benzene rings is 1. The summed E-state index contributed by atoms with van der Waals surface area (Å²) >= 11 is 0. The lowest BCUT2D eigenvalue weighted by Gasteiger charge is -2.35. The van der Waals surface area contributed by atoms with E-state index in [1.54, 1.807) is 0 Å². The van der Waals surface area contributed by atoms with Crippen LogP contribution in [0.2, 0.25) is 0 Å².